The Labute approximate surface area is 83.4 Å². The number of amides is 1. The predicted octanol–water partition coefficient (Wildman–Crippen LogP) is 0.461. The monoisotopic (exact) mass is 203 g/mol. The number of rotatable bonds is 3. The number of hydrogen-bond donors (Lipinski definition) is 2. The molecule has 0 aliphatic heterocycles. The van der Waals surface area contributed by atoms with Gasteiger partial charge in [0.1, 0.15) is 17.4 Å². The SMILES string of the molecule is CC(C=O)(CO)NC(=O)OC(C)(C)C. The third kappa shape index (κ3) is 4.81. The van der Waals surface area contributed by atoms with Crippen LogP contribution in [0.15, 0.2) is 0 Å². The largest absolute Gasteiger partial charge is 0.444 e. The number of carbonyl (C=O) groups is 2. The first-order valence-electron chi connectivity index (χ1n) is 4.31. The molecule has 14 heavy (non-hydrogen) atoms. The highest BCUT2D eigenvalue weighted by Gasteiger charge is 2.27. The minimum Gasteiger partial charge on any atom is -0.444 e. The molecule has 0 rings (SSSR count). The van der Waals surface area contributed by atoms with E-state index < -0.39 is 23.8 Å². The number of aliphatic hydroxyl groups is 1. The molecule has 2 N–H and O–H groups in total. The molecule has 82 valence electrons. The summed E-state index contributed by atoms with van der Waals surface area (Å²) in [7, 11) is 0. The van der Waals surface area contributed by atoms with Crippen LogP contribution in [0, 0.1) is 0 Å². The third-order valence-electron chi connectivity index (χ3n) is 1.38. The summed E-state index contributed by atoms with van der Waals surface area (Å²) in [6.45, 7) is 6.08. The van der Waals surface area contributed by atoms with Crippen LogP contribution in [-0.2, 0) is 9.53 Å². The van der Waals surface area contributed by atoms with Crippen molar-refractivity contribution < 1.29 is 19.4 Å². The minimum atomic E-state index is -1.28. The number of alkyl carbamates (subject to hydrolysis) is 1. The summed E-state index contributed by atoms with van der Waals surface area (Å²) in [6.07, 6.45) is -0.252. The van der Waals surface area contributed by atoms with Gasteiger partial charge in [0.15, 0.2) is 0 Å². The van der Waals surface area contributed by atoms with Crippen molar-refractivity contribution in [2.75, 3.05) is 6.61 Å². The topological polar surface area (TPSA) is 75.6 Å². The molecule has 0 heterocycles. The molecule has 0 aromatic carbocycles. The maximum Gasteiger partial charge on any atom is 0.408 e. The molecule has 0 saturated heterocycles. The van der Waals surface area contributed by atoms with E-state index in [4.69, 9.17) is 9.84 Å². The first kappa shape index (κ1) is 12.9. The zero-order valence-corrected chi connectivity index (χ0v) is 8.96. The van der Waals surface area contributed by atoms with Gasteiger partial charge in [-0.15, -0.1) is 0 Å². The molecule has 1 unspecified atom stereocenters. The Kier molecular flexibility index (Phi) is 4.07. The van der Waals surface area contributed by atoms with E-state index in [2.05, 4.69) is 5.32 Å². The van der Waals surface area contributed by atoms with E-state index in [0.29, 0.717) is 6.29 Å². The van der Waals surface area contributed by atoms with E-state index in [9.17, 15) is 9.59 Å². The Bertz CT molecular complexity index is 221. The van der Waals surface area contributed by atoms with Gasteiger partial charge in [-0.3, -0.25) is 0 Å². The van der Waals surface area contributed by atoms with E-state index in [1.165, 1.54) is 6.92 Å². The molecule has 0 bridgehead atoms. The number of nitrogens with one attached hydrogen (secondary N) is 1. The number of hydrogen-bond acceptors (Lipinski definition) is 4. The molecule has 1 amide bonds. The fourth-order valence-corrected chi connectivity index (χ4v) is 0.643. The van der Waals surface area contributed by atoms with Crippen molar-refractivity contribution >= 4 is 12.4 Å². The Morgan fingerprint density at radius 3 is 2.21 bits per heavy atom. The lowest BCUT2D eigenvalue weighted by atomic mass is 10.1. The maximum absolute atomic E-state index is 11.2. The summed E-state index contributed by atoms with van der Waals surface area (Å²) in [5.74, 6) is 0. The molecule has 1 atom stereocenters. The minimum absolute atomic E-state index is 0.463. The van der Waals surface area contributed by atoms with Gasteiger partial charge in [0.25, 0.3) is 0 Å². The van der Waals surface area contributed by atoms with Crippen LogP contribution >= 0.6 is 0 Å². The second-order valence-corrected chi connectivity index (χ2v) is 4.32. The van der Waals surface area contributed by atoms with Gasteiger partial charge < -0.3 is 20.0 Å². The van der Waals surface area contributed by atoms with Crippen molar-refractivity contribution in [2.24, 2.45) is 0 Å². The summed E-state index contributed by atoms with van der Waals surface area (Å²) in [6, 6.07) is 0. The Morgan fingerprint density at radius 1 is 1.43 bits per heavy atom. The molecule has 0 spiro atoms. The molecule has 0 aliphatic rings. The third-order valence-corrected chi connectivity index (χ3v) is 1.38. The van der Waals surface area contributed by atoms with Crippen LogP contribution in [-0.4, -0.2) is 35.2 Å². The van der Waals surface area contributed by atoms with Gasteiger partial charge in [0.2, 0.25) is 0 Å². The van der Waals surface area contributed by atoms with Crippen LogP contribution in [0.3, 0.4) is 0 Å². The number of aldehydes is 1. The van der Waals surface area contributed by atoms with Crippen LogP contribution < -0.4 is 5.32 Å². The van der Waals surface area contributed by atoms with E-state index >= 15 is 0 Å². The maximum atomic E-state index is 11.2. The molecular weight excluding hydrogens is 186 g/mol. The molecule has 0 radical (unpaired) electrons. The van der Waals surface area contributed by atoms with Crippen molar-refractivity contribution in [3.63, 3.8) is 0 Å². The quantitative estimate of drug-likeness (QED) is 0.653. The summed E-state index contributed by atoms with van der Waals surface area (Å²) >= 11 is 0. The van der Waals surface area contributed by atoms with E-state index in [0.717, 1.165) is 0 Å². The number of carbonyl (C=O) groups excluding carboxylic acids is 2. The predicted molar refractivity (Wildman–Crippen MR) is 50.9 cm³/mol. The first-order valence-corrected chi connectivity index (χ1v) is 4.31. The van der Waals surface area contributed by atoms with Gasteiger partial charge in [-0.05, 0) is 27.7 Å². The number of ether oxygens (including phenoxy) is 1. The molecular formula is C9H17NO4. The Hall–Kier alpha value is -1.10. The van der Waals surface area contributed by atoms with Crippen molar-refractivity contribution in [1.29, 1.82) is 0 Å². The zero-order chi connectivity index (χ0) is 11.4. The molecule has 0 fully saturated rings. The lowest BCUT2D eigenvalue weighted by molar-refractivity contribution is -0.114. The second-order valence-electron chi connectivity index (χ2n) is 4.32. The Balaban J connectivity index is 4.25. The van der Waals surface area contributed by atoms with Crippen LogP contribution in [0.5, 0.6) is 0 Å². The van der Waals surface area contributed by atoms with Gasteiger partial charge in [-0.1, -0.05) is 0 Å². The first-order chi connectivity index (χ1) is 6.22. The molecule has 0 saturated carbocycles. The van der Waals surface area contributed by atoms with E-state index in [1.807, 2.05) is 0 Å². The molecule has 5 nitrogen and oxygen atoms in total. The summed E-state index contributed by atoms with van der Waals surface area (Å²) < 4.78 is 4.92. The average Bonchev–Trinajstić information content (AvgIpc) is 2.00. The summed E-state index contributed by atoms with van der Waals surface area (Å²) in [4.78, 5) is 21.7. The van der Waals surface area contributed by atoms with Gasteiger partial charge in [0.05, 0.1) is 6.61 Å². The lowest BCUT2D eigenvalue weighted by Gasteiger charge is -2.25. The molecule has 0 aliphatic carbocycles. The standard InChI is InChI=1S/C9H17NO4/c1-8(2,3)14-7(13)10-9(4,5-11)6-12/h5,12H,6H2,1-4H3,(H,10,13). The highest BCUT2D eigenvalue weighted by atomic mass is 16.6. The lowest BCUT2D eigenvalue weighted by Crippen LogP contribution is -2.51. The molecule has 5 heteroatoms. The Morgan fingerprint density at radius 2 is 1.93 bits per heavy atom. The van der Waals surface area contributed by atoms with Crippen LogP contribution in [0.4, 0.5) is 4.79 Å². The van der Waals surface area contributed by atoms with Crippen molar-refractivity contribution in [1.82, 2.24) is 5.32 Å². The fourth-order valence-electron chi connectivity index (χ4n) is 0.643. The normalized spacial score (nSPS) is 15.5. The summed E-state index contributed by atoms with van der Waals surface area (Å²) in [5.41, 5.74) is -1.90. The van der Waals surface area contributed by atoms with Crippen molar-refractivity contribution in [2.45, 2.75) is 38.8 Å². The van der Waals surface area contributed by atoms with Crippen LogP contribution in [0.1, 0.15) is 27.7 Å². The van der Waals surface area contributed by atoms with Crippen molar-refractivity contribution in [3.8, 4) is 0 Å². The van der Waals surface area contributed by atoms with Crippen LogP contribution in [0.25, 0.3) is 0 Å². The average molecular weight is 203 g/mol. The van der Waals surface area contributed by atoms with Gasteiger partial charge in [-0.25, -0.2) is 4.79 Å². The van der Waals surface area contributed by atoms with E-state index in [1.54, 1.807) is 20.8 Å². The highest BCUT2D eigenvalue weighted by molar-refractivity contribution is 5.76. The van der Waals surface area contributed by atoms with Gasteiger partial charge in [0, 0.05) is 0 Å². The van der Waals surface area contributed by atoms with Crippen LogP contribution in [0.2, 0.25) is 0 Å². The van der Waals surface area contributed by atoms with E-state index in [-0.39, 0.29) is 0 Å². The zero-order valence-electron chi connectivity index (χ0n) is 8.96. The number of aliphatic hydroxyl groups excluding tert-OH is 1. The van der Waals surface area contributed by atoms with Gasteiger partial charge >= 0.3 is 6.09 Å². The molecule has 0 aromatic heterocycles. The fraction of sp³-hybridized carbons (Fsp3) is 0.778. The smallest absolute Gasteiger partial charge is 0.408 e. The molecule has 0 aromatic rings. The highest BCUT2D eigenvalue weighted by Crippen LogP contribution is 2.08. The van der Waals surface area contributed by atoms with Crippen molar-refractivity contribution in [3.05, 3.63) is 0 Å². The van der Waals surface area contributed by atoms with Gasteiger partial charge in [-0.2, -0.15) is 0 Å². The second kappa shape index (κ2) is 4.41. The summed E-state index contributed by atoms with van der Waals surface area (Å²) in [5, 5.41) is 11.1.